The Hall–Kier alpha value is -4.32. The van der Waals surface area contributed by atoms with Gasteiger partial charge >= 0.3 is 18.3 Å². The van der Waals surface area contributed by atoms with Crippen LogP contribution in [0.2, 0.25) is 0 Å². The fourth-order valence-electron chi connectivity index (χ4n) is 6.76. The molecule has 44 heavy (non-hydrogen) atoms. The summed E-state index contributed by atoms with van der Waals surface area (Å²) >= 11 is 0. The number of carbonyl (C=O) groups is 1. The number of alkyl halides is 3. The van der Waals surface area contributed by atoms with Crippen LogP contribution in [0.25, 0.3) is 22.2 Å². The summed E-state index contributed by atoms with van der Waals surface area (Å²) in [5, 5.41) is 19.0. The zero-order chi connectivity index (χ0) is 31.2. The number of halogens is 5. The van der Waals surface area contributed by atoms with Gasteiger partial charge in [-0.2, -0.15) is 28.4 Å². The first-order chi connectivity index (χ1) is 21.0. The van der Waals surface area contributed by atoms with Crippen LogP contribution in [0.5, 0.6) is 6.01 Å². The molecule has 0 unspecified atom stereocenters. The molecule has 232 valence electrons. The monoisotopic (exact) mass is 617 g/mol. The second-order valence-electron chi connectivity index (χ2n) is 11.3. The highest BCUT2D eigenvalue weighted by Gasteiger charge is 2.45. The minimum atomic E-state index is -5.12. The number of rotatable bonds is 6. The fourth-order valence-corrected chi connectivity index (χ4v) is 6.76. The number of ether oxygens (including phenoxy) is 1. The average Bonchev–Trinajstić information content (AvgIpc) is 3.56. The van der Waals surface area contributed by atoms with Crippen molar-refractivity contribution in [3.63, 3.8) is 0 Å². The molecule has 3 aromatic rings. The topological polar surface area (TPSA) is 119 Å². The molecule has 0 saturated carbocycles. The Morgan fingerprint density at radius 2 is 1.89 bits per heavy atom. The van der Waals surface area contributed by atoms with E-state index < -0.39 is 46.8 Å². The molecule has 3 saturated heterocycles. The number of anilines is 1. The van der Waals surface area contributed by atoms with Crippen molar-refractivity contribution >= 4 is 22.8 Å². The lowest BCUT2D eigenvalue weighted by molar-refractivity contribution is -0.139. The van der Waals surface area contributed by atoms with Gasteiger partial charge in [0, 0.05) is 31.4 Å². The molecular weight excluding hydrogens is 589 g/mol. The summed E-state index contributed by atoms with van der Waals surface area (Å²) in [6, 6.07) is 3.68. The van der Waals surface area contributed by atoms with E-state index in [1.165, 1.54) is 0 Å². The van der Waals surface area contributed by atoms with Crippen molar-refractivity contribution in [1.29, 1.82) is 5.26 Å². The number of nitriles is 1. The lowest BCUT2D eigenvalue weighted by Gasteiger charge is -2.40. The minimum Gasteiger partial charge on any atom is -0.465 e. The molecule has 6 rings (SSSR count). The van der Waals surface area contributed by atoms with E-state index in [0.717, 1.165) is 62.0 Å². The van der Waals surface area contributed by atoms with E-state index in [-0.39, 0.29) is 60.9 Å². The first-order valence-electron chi connectivity index (χ1n) is 14.2. The van der Waals surface area contributed by atoms with Crippen molar-refractivity contribution in [2.75, 3.05) is 44.2 Å². The van der Waals surface area contributed by atoms with E-state index in [9.17, 15) is 32.7 Å². The van der Waals surface area contributed by atoms with Gasteiger partial charge in [-0.3, -0.25) is 9.88 Å². The number of piperazine rings is 1. The highest BCUT2D eigenvalue weighted by molar-refractivity contribution is 5.92. The molecule has 3 fully saturated rings. The van der Waals surface area contributed by atoms with Gasteiger partial charge in [0.1, 0.15) is 35.0 Å². The number of amides is 1. The van der Waals surface area contributed by atoms with Crippen LogP contribution in [-0.4, -0.2) is 86.9 Å². The van der Waals surface area contributed by atoms with Crippen molar-refractivity contribution in [2.45, 2.75) is 49.9 Å². The summed E-state index contributed by atoms with van der Waals surface area (Å²) in [6.07, 6.45) is -1.49. The van der Waals surface area contributed by atoms with Crippen molar-refractivity contribution in [1.82, 2.24) is 24.8 Å². The predicted molar refractivity (Wildman–Crippen MR) is 147 cm³/mol. The van der Waals surface area contributed by atoms with Gasteiger partial charge in [0.15, 0.2) is 5.82 Å². The van der Waals surface area contributed by atoms with Crippen molar-refractivity contribution in [2.24, 2.45) is 0 Å². The first kappa shape index (κ1) is 29.7. The van der Waals surface area contributed by atoms with Crippen molar-refractivity contribution < 1.29 is 36.6 Å². The molecule has 3 aliphatic rings. The summed E-state index contributed by atoms with van der Waals surface area (Å²) < 4.78 is 78.3. The lowest BCUT2D eigenvalue weighted by Crippen LogP contribution is -2.55. The molecule has 15 heteroatoms. The van der Waals surface area contributed by atoms with Crippen molar-refractivity contribution in [3.8, 4) is 23.3 Å². The van der Waals surface area contributed by atoms with Gasteiger partial charge in [-0.05, 0) is 44.8 Å². The fraction of sp³-hybridized carbons (Fsp3) is 0.483. The zero-order valence-corrected chi connectivity index (χ0v) is 23.4. The zero-order valence-electron chi connectivity index (χ0n) is 23.4. The maximum Gasteiger partial charge on any atom is 0.419 e. The van der Waals surface area contributed by atoms with Crippen LogP contribution in [0, 0.1) is 23.0 Å². The van der Waals surface area contributed by atoms with Crippen LogP contribution in [0.1, 0.15) is 37.7 Å². The third kappa shape index (κ3) is 5.21. The lowest BCUT2D eigenvalue weighted by atomic mass is 9.95. The Labute approximate surface area is 248 Å². The molecule has 0 aliphatic carbocycles. The number of aromatic nitrogens is 3. The molecular formula is C29H28F5N7O3. The van der Waals surface area contributed by atoms with E-state index in [0.29, 0.717) is 6.07 Å². The molecule has 1 amide bonds. The smallest absolute Gasteiger partial charge is 0.419 e. The molecule has 0 radical (unpaired) electrons. The predicted octanol–water partition coefficient (Wildman–Crippen LogP) is 5.08. The SMILES string of the molecule is N#CC[C@H]1CN(c2nc(OCC34CCCN3CCC4)nc3c(F)c(-c4cccc(F)c4C(F)(F)F)ncc23)CCN1C(=O)O. The molecule has 1 aromatic carbocycles. The Bertz CT molecular complexity index is 1640. The van der Waals surface area contributed by atoms with E-state index in [1.807, 2.05) is 6.07 Å². The van der Waals surface area contributed by atoms with E-state index in [2.05, 4.69) is 19.9 Å². The van der Waals surface area contributed by atoms with Gasteiger partial charge in [0.05, 0.1) is 29.5 Å². The number of hydrogen-bond donors (Lipinski definition) is 1. The van der Waals surface area contributed by atoms with Crippen LogP contribution in [0.4, 0.5) is 32.6 Å². The largest absolute Gasteiger partial charge is 0.465 e. The number of nitrogens with zero attached hydrogens (tertiary/aromatic N) is 7. The van der Waals surface area contributed by atoms with E-state index in [1.54, 1.807) is 4.90 Å². The molecule has 3 aliphatic heterocycles. The Kier molecular flexibility index (Phi) is 7.64. The summed E-state index contributed by atoms with van der Waals surface area (Å²) in [6.45, 7) is 2.27. The quantitative estimate of drug-likeness (QED) is 0.378. The average molecular weight is 618 g/mol. The van der Waals surface area contributed by atoms with Gasteiger partial charge in [-0.15, -0.1) is 0 Å². The first-order valence-corrected chi connectivity index (χ1v) is 14.2. The van der Waals surface area contributed by atoms with Crippen molar-refractivity contribution in [3.05, 3.63) is 41.6 Å². The van der Waals surface area contributed by atoms with Crippen LogP contribution in [-0.2, 0) is 6.18 Å². The Balaban J connectivity index is 1.46. The van der Waals surface area contributed by atoms with Gasteiger partial charge in [-0.1, -0.05) is 12.1 Å². The number of hydrogen-bond acceptors (Lipinski definition) is 8. The highest BCUT2D eigenvalue weighted by Crippen LogP contribution is 2.42. The molecule has 0 spiro atoms. The number of carboxylic acid groups (broad SMARTS) is 1. The second kappa shape index (κ2) is 11.3. The summed E-state index contributed by atoms with van der Waals surface area (Å²) in [5.74, 6) is -2.65. The normalized spacial score (nSPS) is 20.1. The van der Waals surface area contributed by atoms with Crippen LogP contribution < -0.4 is 9.64 Å². The second-order valence-corrected chi connectivity index (χ2v) is 11.3. The van der Waals surface area contributed by atoms with E-state index in [4.69, 9.17) is 4.74 Å². The minimum absolute atomic E-state index is 0.0215. The van der Waals surface area contributed by atoms with Gasteiger partial charge in [-0.25, -0.2) is 13.6 Å². The Morgan fingerprint density at radius 1 is 1.14 bits per heavy atom. The maximum absolute atomic E-state index is 16.2. The third-order valence-electron chi connectivity index (χ3n) is 8.83. The van der Waals surface area contributed by atoms with Crippen LogP contribution in [0.15, 0.2) is 24.4 Å². The number of pyridine rings is 1. The molecule has 1 N–H and O–H groups in total. The van der Waals surface area contributed by atoms with Gasteiger partial charge in [0.25, 0.3) is 0 Å². The third-order valence-corrected chi connectivity index (χ3v) is 8.83. The number of benzene rings is 1. The van der Waals surface area contributed by atoms with Crippen LogP contribution in [0.3, 0.4) is 0 Å². The Morgan fingerprint density at radius 3 is 2.57 bits per heavy atom. The van der Waals surface area contributed by atoms with Gasteiger partial charge < -0.3 is 19.6 Å². The molecule has 0 bridgehead atoms. The molecule has 5 heterocycles. The maximum atomic E-state index is 16.2. The van der Waals surface area contributed by atoms with Gasteiger partial charge in [0.2, 0.25) is 0 Å². The molecule has 1 atom stereocenters. The highest BCUT2D eigenvalue weighted by atomic mass is 19.4. The number of fused-ring (bicyclic) bond motifs is 2. The summed E-state index contributed by atoms with van der Waals surface area (Å²) in [4.78, 5) is 29.7. The van der Waals surface area contributed by atoms with E-state index >= 15 is 4.39 Å². The summed E-state index contributed by atoms with van der Waals surface area (Å²) in [5.41, 5.74) is -3.77. The standard InChI is InChI=1S/C29H28F5N7O3/c30-20-5-1-4-18(21(20)29(32,33)34)23-22(31)24-19(14-36-23)25(39-12-13-41(27(42)43)17(15-39)6-9-35)38-26(37-24)44-16-28-7-2-10-40(28)11-3-8-28/h1,4-5,14,17H,2-3,6-8,10-13,15-16H2,(H,42,43)/t17-/m0/s1. The molecule has 2 aromatic heterocycles. The summed E-state index contributed by atoms with van der Waals surface area (Å²) in [7, 11) is 0. The molecule has 10 nitrogen and oxygen atoms in total. The van der Waals surface area contributed by atoms with Crippen LogP contribution >= 0.6 is 0 Å².